The van der Waals surface area contributed by atoms with Crippen molar-refractivity contribution < 1.29 is 19.4 Å². The van der Waals surface area contributed by atoms with E-state index in [1.54, 1.807) is 7.11 Å². The molecule has 1 aromatic rings. The van der Waals surface area contributed by atoms with Crippen LogP contribution in [-0.2, 0) is 11.2 Å². The largest absolute Gasteiger partial charge is 0.497 e. The van der Waals surface area contributed by atoms with E-state index in [4.69, 9.17) is 9.47 Å². The fourth-order valence-corrected chi connectivity index (χ4v) is 3.23. The lowest BCUT2D eigenvalue weighted by Crippen LogP contribution is -2.42. The SMILES string of the molecule is COc1ccc(C[C@H]2NC[C@H](O)[C@H]2OC(=O)NCC2CCC2)cc1. The minimum atomic E-state index is -0.678. The van der Waals surface area contributed by atoms with Crippen LogP contribution in [0.4, 0.5) is 4.79 Å². The number of amides is 1. The zero-order chi connectivity index (χ0) is 16.9. The first-order valence-electron chi connectivity index (χ1n) is 8.64. The average Bonchev–Trinajstić information content (AvgIpc) is 2.87. The van der Waals surface area contributed by atoms with Crippen molar-refractivity contribution in [3.8, 4) is 5.75 Å². The highest BCUT2D eigenvalue weighted by atomic mass is 16.6. The number of nitrogens with one attached hydrogen (secondary N) is 2. The summed E-state index contributed by atoms with van der Waals surface area (Å²) in [6, 6.07) is 7.68. The first-order chi connectivity index (χ1) is 11.7. The summed E-state index contributed by atoms with van der Waals surface area (Å²) in [4.78, 5) is 12.0. The fourth-order valence-electron chi connectivity index (χ4n) is 3.23. The Morgan fingerprint density at radius 1 is 1.33 bits per heavy atom. The molecule has 2 fully saturated rings. The second kappa shape index (κ2) is 7.85. The molecule has 1 saturated carbocycles. The Morgan fingerprint density at radius 2 is 2.08 bits per heavy atom. The highest BCUT2D eigenvalue weighted by molar-refractivity contribution is 5.67. The van der Waals surface area contributed by atoms with Gasteiger partial charge in [-0.25, -0.2) is 4.79 Å². The number of carbonyl (C=O) groups excluding carboxylic acids is 1. The third kappa shape index (κ3) is 4.19. The van der Waals surface area contributed by atoms with E-state index in [1.165, 1.54) is 19.3 Å². The van der Waals surface area contributed by atoms with Crippen molar-refractivity contribution in [3.05, 3.63) is 29.8 Å². The van der Waals surface area contributed by atoms with Gasteiger partial charge < -0.3 is 25.2 Å². The van der Waals surface area contributed by atoms with E-state index in [9.17, 15) is 9.90 Å². The van der Waals surface area contributed by atoms with E-state index in [1.807, 2.05) is 24.3 Å². The lowest BCUT2D eigenvalue weighted by molar-refractivity contribution is 0.0181. The van der Waals surface area contributed by atoms with Crippen LogP contribution in [0.2, 0.25) is 0 Å². The number of aliphatic hydroxyl groups excluding tert-OH is 1. The molecule has 1 heterocycles. The van der Waals surface area contributed by atoms with Crippen molar-refractivity contribution >= 4 is 6.09 Å². The van der Waals surface area contributed by atoms with Crippen molar-refractivity contribution in [2.24, 2.45) is 5.92 Å². The molecule has 24 heavy (non-hydrogen) atoms. The Hall–Kier alpha value is -1.79. The molecule has 132 valence electrons. The summed E-state index contributed by atoms with van der Waals surface area (Å²) in [6.07, 6.45) is 2.63. The number of hydrogen-bond donors (Lipinski definition) is 3. The summed E-state index contributed by atoms with van der Waals surface area (Å²) in [5.74, 6) is 1.39. The molecule has 0 bridgehead atoms. The predicted molar refractivity (Wildman–Crippen MR) is 90.1 cm³/mol. The van der Waals surface area contributed by atoms with E-state index < -0.39 is 18.3 Å². The van der Waals surface area contributed by atoms with E-state index in [-0.39, 0.29) is 6.04 Å². The van der Waals surface area contributed by atoms with Gasteiger partial charge in [0.05, 0.1) is 13.2 Å². The Bertz CT molecular complexity index is 544. The van der Waals surface area contributed by atoms with Crippen LogP contribution in [0.3, 0.4) is 0 Å². The normalized spacial score (nSPS) is 26.7. The van der Waals surface area contributed by atoms with Crippen LogP contribution in [0.15, 0.2) is 24.3 Å². The van der Waals surface area contributed by atoms with Gasteiger partial charge in [0.25, 0.3) is 0 Å². The molecule has 1 saturated heterocycles. The van der Waals surface area contributed by atoms with Gasteiger partial charge in [0, 0.05) is 13.1 Å². The van der Waals surface area contributed by atoms with E-state index >= 15 is 0 Å². The Morgan fingerprint density at radius 3 is 2.71 bits per heavy atom. The van der Waals surface area contributed by atoms with Gasteiger partial charge in [-0.3, -0.25) is 0 Å². The van der Waals surface area contributed by atoms with Gasteiger partial charge in [-0.2, -0.15) is 0 Å². The molecule has 3 atom stereocenters. The molecule has 1 aliphatic heterocycles. The maximum absolute atomic E-state index is 12.0. The third-order valence-corrected chi connectivity index (χ3v) is 4.98. The van der Waals surface area contributed by atoms with Crippen LogP contribution in [0, 0.1) is 5.92 Å². The second-order valence-electron chi connectivity index (χ2n) is 6.68. The minimum absolute atomic E-state index is 0.0946. The first kappa shape index (κ1) is 17.0. The molecular formula is C18H26N2O4. The Labute approximate surface area is 142 Å². The molecule has 1 aromatic carbocycles. The molecule has 6 heteroatoms. The predicted octanol–water partition coefficient (Wildman–Crippen LogP) is 1.47. The number of carbonyl (C=O) groups is 1. The molecule has 3 rings (SSSR count). The molecule has 0 radical (unpaired) electrons. The molecular weight excluding hydrogens is 308 g/mol. The van der Waals surface area contributed by atoms with Crippen LogP contribution >= 0.6 is 0 Å². The highest BCUT2D eigenvalue weighted by Crippen LogP contribution is 2.25. The zero-order valence-corrected chi connectivity index (χ0v) is 14.0. The van der Waals surface area contributed by atoms with Crippen molar-refractivity contribution in [1.29, 1.82) is 0 Å². The van der Waals surface area contributed by atoms with Gasteiger partial charge in [-0.15, -0.1) is 0 Å². The standard InChI is InChI=1S/C18H26N2O4/c1-23-14-7-5-12(6-8-14)9-15-17(16(21)11-19-15)24-18(22)20-10-13-3-2-4-13/h5-8,13,15-17,19,21H,2-4,9-11H2,1H3,(H,20,22)/t15-,16+,17+/m1/s1. The van der Waals surface area contributed by atoms with Gasteiger partial charge in [0.1, 0.15) is 18.0 Å². The summed E-state index contributed by atoms with van der Waals surface area (Å²) in [6.45, 7) is 1.10. The second-order valence-corrected chi connectivity index (χ2v) is 6.68. The number of hydrogen-bond acceptors (Lipinski definition) is 5. The van der Waals surface area contributed by atoms with Crippen LogP contribution in [0.25, 0.3) is 0 Å². The molecule has 1 aliphatic carbocycles. The van der Waals surface area contributed by atoms with Gasteiger partial charge in [-0.05, 0) is 42.9 Å². The van der Waals surface area contributed by atoms with Crippen LogP contribution in [0.5, 0.6) is 5.75 Å². The van der Waals surface area contributed by atoms with Gasteiger partial charge in [0.15, 0.2) is 0 Å². The third-order valence-electron chi connectivity index (χ3n) is 4.98. The van der Waals surface area contributed by atoms with E-state index in [0.717, 1.165) is 11.3 Å². The quantitative estimate of drug-likeness (QED) is 0.734. The summed E-state index contributed by atoms with van der Waals surface area (Å²) < 4.78 is 10.6. The van der Waals surface area contributed by atoms with Crippen LogP contribution in [-0.4, -0.2) is 49.6 Å². The maximum Gasteiger partial charge on any atom is 0.407 e. The first-order valence-corrected chi connectivity index (χ1v) is 8.64. The number of ether oxygens (including phenoxy) is 2. The van der Waals surface area contributed by atoms with Crippen LogP contribution in [0.1, 0.15) is 24.8 Å². The average molecular weight is 334 g/mol. The lowest BCUT2D eigenvalue weighted by atomic mass is 9.85. The Balaban J connectivity index is 1.52. The topological polar surface area (TPSA) is 79.8 Å². The summed E-state index contributed by atoms with van der Waals surface area (Å²) in [5.41, 5.74) is 1.10. The molecule has 0 spiro atoms. The van der Waals surface area contributed by atoms with E-state index in [0.29, 0.717) is 25.4 Å². The van der Waals surface area contributed by atoms with Crippen molar-refractivity contribution in [2.45, 2.75) is 43.9 Å². The van der Waals surface area contributed by atoms with Gasteiger partial charge >= 0.3 is 6.09 Å². The number of aliphatic hydroxyl groups is 1. The minimum Gasteiger partial charge on any atom is -0.497 e. The van der Waals surface area contributed by atoms with Crippen LogP contribution < -0.4 is 15.4 Å². The summed E-state index contributed by atoms with van der Waals surface area (Å²) >= 11 is 0. The van der Waals surface area contributed by atoms with Gasteiger partial charge in [-0.1, -0.05) is 18.6 Å². The molecule has 6 nitrogen and oxygen atoms in total. The molecule has 3 N–H and O–H groups in total. The van der Waals surface area contributed by atoms with Crippen molar-refractivity contribution in [3.63, 3.8) is 0 Å². The maximum atomic E-state index is 12.0. The number of β-amino-alcohol motifs (C(OH)–C–C–N with tert-alkyl or cyclic N) is 1. The van der Waals surface area contributed by atoms with Crippen molar-refractivity contribution in [1.82, 2.24) is 10.6 Å². The highest BCUT2D eigenvalue weighted by Gasteiger charge is 2.37. The number of rotatable bonds is 6. The molecule has 0 unspecified atom stereocenters. The Kier molecular flexibility index (Phi) is 5.58. The molecule has 2 aliphatic rings. The zero-order valence-electron chi connectivity index (χ0n) is 14.0. The fraction of sp³-hybridized carbons (Fsp3) is 0.611. The van der Waals surface area contributed by atoms with E-state index in [2.05, 4.69) is 10.6 Å². The smallest absolute Gasteiger partial charge is 0.407 e. The summed E-state index contributed by atoms with van der Waals surface area (Å²) in [7, 11) is 1.63. The lowest BCUT2D eigenvalue weighted by Gasteiger charge is -2.26. The number of methoxy groups -OCH3 is 1. The summed E-state index contributed by atoms with van der Waals surface area (Å²) in [5, 5.41) is 16.2. The number of alkyl carbamates (subject to hydrolysis) is 1. The van der Waals surface area contributed by atoms with Crippen molar-refractivity contribution in [2.75, 3.05) is 20.2 Å². The monoisotopic (exact) mass is 334 g/mol. The molecule has 0 aromatic heterocycles. The number of benzene rings is 1. The van der Waals surface area contributed by atoms with Gasteiger partial charge in [0.2, 0.25) is 0 Å². The molecule has 1 amide bonds.